The molecule has 0 aliphatic rings. The summed E-state index contributed by atoms with van der Waals surface area (Å²) in [7, 11) is 0. The van der Waals surface area contributed by atoms with Crippen molar-refractivity contribution in [2.75, 3.05) is 0 Å². The average molecular weight is 134 g/mol. The van der Waals surface area contributed by atoms with Crippen LogP contribution in [-0.4, -0.2) is 5.11 Å². The van der Waals surface area contributed by atoms with Gasteiger partial charge in [-0.25, -0.2) is 0 Å². The van der Waals surface area contributed by atoms with Crippen LogP contribution in [-0.2, 0) is 6.42 Å². The van der Waals surface area contributed by atoms with Crippen LogP contribution < -0.4 is 0 Å². The molecule has 0 radical (unpaired) electrons. The van der Waals surface area contributed by atoms with Crippen LogP contribution in [0.25, 0.3) is 0 Å². The molecule has 1 nitrogen and oxygen atoms in total. The Morgan fingerprint density at radius 3 is 2.70 bits per heavy atom. The summed E-state index contributed by atoms with van der Waals surface area (Å²) in [6.45, 7) is 2.11. The number of hydrogen-bond donors (Lipinski definition) is 1. The molecule has 0 bridgehead atoms. The Hall–Kier alpha value is -1.16. The second kappa shape index (κ2) is 3.12. The second-order valence-electron chi connectivity index (χ2n) is 2.24. The molecule has 1 rings (SSSR count). The fourth-order valence-corrected chi connectivity index (χ4v) is 0.822. The fraction of sp³-hybridized carbons (Fsp3) is 0.333. The maximum absolute atomic E-state index is 8.84. The fourth-order valence-electron chi connectivity index (χ4n) is 0.822. The Balaban J connectivity index is 2.69. The number of aryl methyl sites for hydroxylation is 1. The minimum absolute atomic E-state index is 0.167. The zero-order chi connectivity index (χ0) is 7.40. The predicted molar refractivity (Wildman–Crippen MR) is 39.8 cm³/mol. The lowest BCUT2D eigenvalue weighted by molar-refractivity contribution is 0.475. The lowest BCUT2D eigenvalue weighted by Gasteiger charge is -1.91. The van der Waals surface area contributed by atoms with E-state index in [0.717, 1.165) is 18.4 Å². The van der Waals surface area contributed by atoms with Gasteiger partial charge in [0, 0.05) is 5.56 Å². The zero-order valence-electron chi connectivity index (χ0n) is 6.02. The van der Waals surface area contributed by atoms with E-state index in [1.165, 1.54) is 0 Å². The van der Waals surface area contributed by atoms with Crippen LogP contribution in [0, 0.1) is 12.1 Å². The van der Waals surface area contributed by atoms with Crippen molar-refractivity contribution in [2.45, 2.75) is 19.8 Å². The normalized spacial score (nSPS) is 8.90. The van der Waals surface area contributed by atoms with Crippen molar-refractivity contribution in [3.63, 3.8) is 0 Å². The molecule has 0 saturated heterocycles. The van der Waals surface area contributed by atoms with Gasteiger partial charge in [-0.15, -0.1) is 0 Å². The molecule has 0 aromatic heterocycles. The minimum Gasteiger partial charge on any atom is -0.501 e. The molecule has 1 heteroatoms. The first kappa shape index (κ1) is 6.95. The molecule has 0 spiro atoms. The van der Waals surface area contributed by atoms with Gasteiger partial charge in [0.05, 0.1) is 0 Å². The van der Waals surface area contributed by atoms with E-state index in [-0.39, 0.29) is 5.75 Å². The molecule has 0 heterocycles. The van der Waals surface area contributed by atoms with Crippen molar-refractivity contribution in [3.8, 4) is 5.75 Å². The highest BCUT2D eigenvalue weighted by atomic mass is 16.3. The van der Waals surface area contributed by atoms with E-state index in [4.69, 9.17) is 5.11 Å². The van der Waals surface area contributed by atoms with Crippen LogP contribution in [0.2, 0.25) is 0 Å². The summed E-state index contributed by atoms with van der Waals surface area (Å²) < 4.78 is 0. The molecule has 0 fully saturated rings. The molecule has 0 unspecified atom stereocenters. The summed E-state index contributed by atoms with van der Waals surface area (Å²) >= 11 is 0. The van der Waals surface area contributed by atoms with Crippen LogP contribution >= 0.6 is 0 Å². The van der Waals surface area contributed by atoms with E-state index in [9.17, 15) is 0 Å². The summed E-state index contributed by atoms with van der Waals surface area (Å²) in [5, 5.41) is 8.84. The average Bonchev–Trinajstić information content (AvgIpc) is 1.95. The van der Waals surface area contributed by atoms with E-state index in [0.29, 0.717) is 0 Å². The first-order chi connectivity index (χ1) is 4.83. The van der Waals surface area contributed by atoms with Gasteiger partial charge in [-0.1, -0.05) is 19.4 Å². The standard InChI is InChI=1S/C9H10O/c1-2-3-8-4-6-9(10)7-5-8/h4,6,10H,2-3H2,1H3. The third-order valence-corrected chi connectivity index (χ3v) is 1.31. The van der Waals surface area contributed by atoms with Crippen molar-refractivity contribution in [1.82, 2.24) is 0 Å². The van der Waals surface area contributed by atoms with Crippen molar-refractivity contribution in [3.05, 3.63) is 29.8 Å². The first-order valence-corrected chi connectivity index (χ1v) is 3.44. The van der Waals surface area contributed by atoms with E-state index < -0.39 is 0 Å². The molecule has 1 aromatic rings. The molecular weight excluding hydrogens is 124 g/mol. The largest absolute Gasteiger partial charge is 0.501 e. The SMILES string of the molecule is CCCc1c#cc(O)cc1. The number of rotatable bonds is 2. The van der Waals surface area contributed by atoms with Crippen molar-refractivity contribution in [2.24, 2.45) is 0 Å². The smallest absolute Gasteiger partial charge is 0.167 e. The Labute approximate surface area is 61.3 Å². The van der Waals surface area contributed by atoms with E-state index in [1.54, 1.807) is 6.07 Å². The summed E-state index contributed by atoms with van der Waals surface area (Å²) in [5.41, 5.74) is 1.11. The Bertz CT molecular complexity index is 188. The summed E-state index contributed by atoms with van der Waals surface area (Å²) in [5.74, 6) is 0.167. The van der Waals surface area contributed by atoms with Gasteiger partial charge in [0.2, 0.25) is 0 Å². The maximum atomic E-state index is 8.84. The molecule has 0 amide bonds. The van der Waals surface area contributed by atoms with Crippen LogP contribution in [0.1, 0.15) is 18.9 Å². The first-order valence-electron chi connectivity index (χ1n) is 3.44. The van der Waals surface area contributed by atoms with Gasteiger partial charge in [-0.3, -0.25) is 0 Å². The molecular formula is C9H10O. The summed E-state index contributed by atoms with van der Waals surface area (Å²) in [6, 6.07) is 8.99. The quantitative estimate of drug-likeness (QED) is 0.655. The van der Waals surface area contributed by atoms with Crippen LogP contribution in [0.5, 0.6) is 5.75 Å². The predicted octanol–water partition coefficient (Wildman–Crippen LogP) is 1.95. The summed E-state index contributed by atoms with van der Waals surface area (Å²) in [4.78, 5) is 0. The molecule has 0 aliphatic heterocycles. The van der Waals surface area contributed by atoms with Gasteiger partial charge >= 0.3 is 0 Å². The van der Waals surface area contributed by atoms with Crippen molar-refractivity contribution < 1.29 is 5.11 Å². The molecule has 10 heavy (non-hydrogen) atoms. The lowest BCUT2D eigenvalue weighted by Crippen LogP contribution is -1.78. The molecule has 0 aliphatic carbocycles. The third kappa shape index (κ3) is 1.66. The minimum atomic E-state index is 0.167. The van der Waals surface area contributed by atoms with Crippen LogP contribution in [0.3, 0.4) is 0 Å². The monoisotopic (exact) mass is 134 g/mol. The van der Waals surface area contributed by atoms with Crippen LogP contribution in [0.15, 0.2) is 12.1 Å². The van der Waals surface area contributed by atoms with E-state index in [2.05, 4.69) is 19.1 Å². The van der Waals surface area contributed by atoms with Gasteiger partial charge in [0.1, 0.15) is 0 Å². The lowest BCUT2D eigenvalue weighted by atomic mass is 10.2. The molecule has 52 valence electrons. The zero-order valence-corrected chi connectivity index (χ0v) is 6.02. The Morgan fingerprint density at radius 1 is 1.40 bits per heavy atom. The van der Waals surface area contributed by atoms with Gasteiger partial charge < -0.3 is 5.11 Å². The highest BCUT2D eigenvalue weighted by Crippen LogP contribution is 2.04. The van der Waals surface area contributed by atoms with Gasteiger partial charge in [0.15, 0.2) is 5.75 Å². The molecule has 1 N–H and O–H groups in total. The molecule has 0 atom stereocenters. The molecule has 0 saturated carbocycles. The highest BCUT2D eigenvalue weighted by molar-refractivity contribution is 5.18. The van der Waals surface area contributed by atoms with E-state index in [1.807, 2.05) is 6.07 Å². The topological polar surface area (TPSA) is 20.2 Å². The number of aromatic hydroxyl groups is 1. The third-order valence-electron chi connectivity index (χ3n) is 1.31. The van der Waals surface area contributed by atoms with Gasteiger partial charge in [-0.05, 0) is 24.6 Å². The van der Waals surface area contributed by atoms with Gasteiger partial charge in [-0.2, -0.15) is 0 Å². The van der Waals surface area contributed by atoms with Crippen molar-refractivity contribution >= 4 is 0 Å². The highest BCUT2D eigenvalue weighted by Gasteiger charge is 1.87. The van der Waals surface area contributed by atoms with Gasteiger partial charge in [0.25, 0.3) is 0 Å². The van der Waals surface area contributed by atoms with Crippen LogP contribution in [0.4, 0.5) is 0 Å². The Morgan fingerprint density at radius 2 is 2.20 bits per heavy atom. The van der Waals surface area contributed by atoms with E-state index >= 15 is 0 Å². The number of hydrogen-bond acceptors (Lipinski definition) is 1. The second-order valence-corrected chi connectivity index (χ2v) is 2.24. The summed E-state index contributed by atoms with van der Waals surface area (Å²) in [6.07, 6.45) is 2.12. The maximum Gasteiger partial charge on any atom is 0.167 e. The molecule has 1 aromatic carbocycles. The van der Waals surface area contributed by atoms with Crippen molar-refractivity contribution in [1.29, 1.82) is 0 Å². The Kier molecular flexibility index (Phi) is 2.17.